The first-order valence-corrected chi connectivity index (χ1v) is 7.93. The Morgan fingerprint density at radius 3 is 2.33 bits per heavy atom. The third kappa shape index (κ3) is 4.08. The number of nitrogens with two attached hydrogens (primary N) is 1. The highest BCUT2D eigenvalue weighted by Gasteiger charge is 2.23. The average molecular weight is 271 g/mol. The fourth-order valence-electron chi connectivity index (χ4n) is 1.94. The number of benzene rings is 1. The molecule has 1 aromatic rings. The molecule has 2 atom stereocenters. The Hall–Kier alpha value is -0.910. The largest absolute Gasteiger partial charge is 0.391 e. The van der Waals surface area contributed by atoms with Crippen LogP contribution in [-0.4, -0.2) is 38.2 Å². The van der Waals surface area contributed by atoms with Gasteiger partial charge >= 0.3 is 0 Å². The summed E-state index contributed by atoms with van der Waals surface area (Å²) >= 11 is 0. The van der Waals surface area contributed by atoms with Crippen molar-refractivity contribution in [3.8, 4) is 0 Å². The van der Waals surface area contributed by atoms with Gasteiger partial charge in [-0.15, -0.1) is 0 Å². The van der Waals surface area contributed by atoms with Crippen molar-refractivity contribution in [1.29, 1.82) is 0 Å². The quantitative estimate of drug-likeness (QED) is 0.828. The molecule has 0 aliphatic rings. The second-order valence-electron chi connectivity index (χ2n) is 4.85. The molecule has 1 rings (SSSR count). The summed E-state index contributed by atoms with van der Waals surface area (Å²) in [7, 11) is -3.21. The summed E-state index contributed by atoms with van der Waals surface area (Å²) in [5.74, 6) is -0.610. The zero-order chi connectivity index (χ0) is 13.9. The second kappa shape index (κ2) is 5.82. The van der Waals surface area contributed by atoms with Gasteiger partial charge in [-0.05, 0) is 30.5 Å². The van der Waals surface area contributed by atoms with E-state index in [-0.39, 0.29) is 18.2 Å². The average Bonchev–Trinajstić information content (AvgIpc) is 2.21. The van der Waals surface area contributed by atoms with Gasteiger partial charge in [0.15, 0.2) is 0 Å². The van der Waals surface area contributed by atoms with Gasteiger partial charge in [0, 0.05) is 18.7 Å². The molecule has 0 radical (unpaired) electrons. The van der Waals surface area contributed by atoms with Crippen LogP contribution >= 0.6 is 0 Å². The predicted octanol–water partition coefficient (Wildman–Crippen LogP) is 0.751. The van der Waals surface area contributed by atoms with E-state index in [1.807, 2.05) is 32.0 Å². The highest BCUT2D eigenvalue weighted by atomic mass is 32.2. The van der Waals surface area contributed by atoms with Crippen molar-refractivity contribution in [1.82, 2.24) is 0 Å². The van der Waals surface area contributed by atoms with Gasteiger partial charge < -0.3 is 10.8 Å². The molecule has 102 valence electrons. The van der Waals surface area contributed by atoms with Crippen LogP contribution in [0.5, 0.6) is 0 Å². The summed E-state index contributed by atoms with van der Waals surface area (Å²) in [6.07, 6.45) is 0.150. The zero-order valence-electron chi connectivity index (χ0n) is 11.1. The molecule has 0 aliphatic heterocycles. The van der Waals surface area contributed by atoms with Crippen LogP contribution in [0.3, 0.4) is 0 Å². The van der Waals surface area contributed by atoms with E-state index in [1.54, 1.807) is 0 Å². The highest BCUT2D eigenvalue weighted by molar-refractivity contribution is 7.90. The third-order valence-electron chi connectivity index (χ3n) is 3.15. The Bertz CT molecular complexity index is 511. The molecule has 18 heavy (non-hydrogen) atoms. The molecular formula is C13H21NO3S. The molecule has 4 nitrogen and oxygen atoms in total. The maximum absolute atomic E-state index is 11.2. The molecule has 0 saturated heterocycles. The van der Waals surface area contributed by atoms with Gasteiger partial charge in [-0.25, -0.2) is 8.42 Å². The molecule has 0 saturated carbocycles. The topological polar surface area (TPSA) is 80.4 Å². The first kappa shape index (κ1) is 15.1. The lowest BCUT2D eigenvalue weighted by atomic mass is 9.92. The van der Waals surface area contributed by atoms with Crippen LogP contribution in [0.15, 0.2) is 18.2 Å². The molecule has 2 unspecified atom stereocenters. The van der Waals surface area contributed by atoms with E-state index >= 15 is 0 Å². The molecule has 0 amide bonds. The molecule has 5 heteroatoms. The van der Waals surface area contributed by atoms with Crippen LogP contribution in [0, 0.1) is 13.8 Å². The summed E-state index contributed by atoms with van der Waals surface area (Å²) in [6, 6.07) is 5.81. The summed E-state index contributed by atoms with van der Waals surface area (Å²) in [4.78, 5) is 0. The van der Waals surface area contributed by atoms with Crippen LogP contribution in [0.2, 0.25) is 0 Å². The number of aryl methyl sites for hydroxylation is 2. The first-order valence-electron chi connectivity index (χ1n) is 5.87. The number of aliphatic hydroxyl groups is 1. The lowest BCUT2D eigenvalue weighted by Gasteiger charge is -2.22. The Morgan fingerprint density at radius 1 is 1.28 bits per heavy atom. The third-order valence-corrected chi connectivity index (χ3v) is 4.10. The molecule has 0 spiro atoms. The van der Waals surface area contributed by atoms with Gasteiger partial charge in [-0.2, -0.15) is 0 Å². The minimum atomic E-state index is -3.21. The van der Waals surface area contributed by atoms with E-state index in [0.717, 1.165) is 22.9 Å². The van der Waals surface area contributed by atoms with Crippen molar-refractivity contribution in [2.24, 2.45) is 5.73 Å². The molecule has 3 N–H and O–H groups in total. The Balaban J connectivity index is 2.98. The standard InChI is InChI=1S/C13H21NO3S/c1-9-4-5-11(6-10(9)2)12(7-14)13(15)8-18(3,16)17/h4-6,12-13,15H,7-8,14H2,1-3H3. The van der Waals surface area contributed by atoms with Gasteiger partial charge in [-0.3, -0.25) is 0 Å². The smallest absolute Gasteiger partial charge is 0.150 e. The Labute approximate surface area is 109 Å². The number of sulfone groups is 1. The van der Waals surface area contributed by atoms with Crippen LogP contribution in [0.4, 0.5) is 0 Å². The van der Waals surface area contributed by atoms with Gasteiger partial charge in [0.2, 0.25) is 0 Å². The summed E-state index contributed by atoms with van der Waals surface area (Å²) in [5, 5.41) is 10.00. The minimum Gasteiger partial charge on any atom is -0.391 e. The van der Waals surface area contributed by atoms with Gasteiger partial charge in [0.05, 0.1) is 11.9 Å². The minimum absolute atomic E-state index is 0.221. The number of hydrogen-bond acceptors (Lipinski definition) is 4. The monoisotopic (exact) mass is 271 g/mol. The first-order chi connectivity index (χ1) is 8.24. The van der Waals surface area contributed by atoms with E-state index in [9.17, 15) is 13.5 Å². The molecular weight excluding hydrogens is 250 g/mol. The van der Waals surface area contributed by atoms with Crippen molar-refractivity contribution < 1.29 is 13.5 Å². The Kier molecular flexibility index (Phi) is 4.90. The van der Waals surface area contributed by atoms with Gasteiger partial charge in [-0.1, -0.05) is 18.2 Å². The van der Waals surface area contributed by atoms with Crippen molar-refractivity contribution in [3.63, 3.8) is 0 Å². The summed E-state index contributed by atoms with van der Waals surface area (Å²) in [5.41, 5.74) is 8.81. The SMILES string of the molecule is Cc1ccc(C(CN)C(O)CS(C)(=O)=O)cc1C. The summed E-state index contributed by atoms with van der Waals surface area (Å²) < 4.78 is 22.4. The normalized spacial score (nSPS) is 15.4. The van der Waals surface area contributed by atoms with Crippen molar-refractivity contribution in [2.45, 2.75) is 25.9 Å². The van der Waals surface area contributed by atoms with Crippen molar-refractivity contribution >= 4 is 9.84 Å². The molecule has 0 aromatic heterocycles. The lowest BCUT2D eigenvalue weighted by Crippen LogP contribution is -2.31. The maximum Gasteiger partial charge on any atom is 0.150 e. The van der Waals surface area contributed by atoms with Crippen molar-refractivity contribution in [2.75, 3.05) is 18.6 Å². The fourth-order valence-corrected chi connectivity index (χ4v) is 2.79. The number of aliphatic hydroxyl groups excluding tert-OH is 1. The molecule has 0 heterocycles. The lowest BCUT2D eigenvalue weighted by molar-refractivity contribution is 0.167. The fraction of sp³-hybridized carbons (Fsp3) is 0.538. The van der Waals surface area contributed by atoms with Crippen LogP contribution in [0.25, 0.3) is 0 Å². The second-order valence-corrected chi connectivity index (χ2v) is 7.03. The molecule has 1 aromatic carbocycles. The van der Waals surface area contributed by atoms with Crippen LogP contribution in [0.1, 0.15) is 22.6 Å². The van der Waals surface area contributed by atoms with Gasteiger partial charge in [0.1, 0.15) is 9.84 Å². The molecule has 0 bridgehead atoms. The number of rotatable bonds is 5. The van der Waals surface area contributed by atoms with E-state index in [2.05, 4.69) is 0 Å². The van der Waals surface area contributed by atoms with E-state index < -0.39 is 15.9 Å². The predicted molar refractivity (Wildman–Crippen MR) is 73.4 cm³/mol. The highest BCUT2D eigenvalue weighted by Crippen LogP contribution is 2.22. The van der Waals surface area contributed by atoms with E-state index in [0.29, 0.717) is 0 Å². The summed E-state index contributed by atoms with van der Waals surface area (Å²) in [6.45, 7) is 4.21. The van der Waals surface area contributed by atoms with Crippen molar-refractivity contribution in [3.05, 3.63) is 34.9 Å². The van der Waals surface area contributed by atoms with Crippen LogP contribution in [-0.2, 0) is 9.84 Å². The Morgan fingerprint density at radius 2 is 1.89 bits per heavy atom. The van der Waals surface area contributed by atoms with E-state index in [1.165, 1.54) is 0 Å². The zero-order valence-corrected chi connectivity index (χ0v) is 11.9. The van der Waals surface area contributed by atoms with E-state index in [4.69, 9.17) is 5.73 Å². The number of hydrogen-bond donors (Lipinski definition) is 2. The molecule has 0 fully saturated rings. The van der Waals surface area contributed by atoms with Gasteiger partial charge in [0.25, 0.3) is 0 Å². The van der Waals surface area contributed by atoms with Crippen LogP contribution < -0.4 is 5.73 Å². The maximum atomic E-state index is 11.2. The molecule has 0 aliphatic carbocycles.